The lowest BCUT2D eigenvalue weighted by molar-refractivity contribution is -0.137. The Morgan fingerprint density at radius 1 is 1.14 bits per heavy atom. The number of amides is 1. The fourth-order valence-corrected chi connectivity index (χ4v) is 4.73. The van der Waals surface area contributed by atoms with E-state index in [9.17, 15) is 4.79 Å². The van der Waals surface area contributed by atoms with Gasteiger partial charge >= 0.3 is 0 Å². The minimum atomic E-state index is 0.233. The minimum absolute atomic E-state index is 0.233. The smallest absolute Gasteiger partial charge is 0.222 e. The first kappa shape index (κ1) is 20.0. The number of rotatable bonds is 7. The van der Waals surface area contributed by atoms with E-state index in [0.29, 0.717) is 18.4 Å². The van der Waals surface area contributed by atoms with Crippen LogP contribution in [0.4, 0.5) is 0 Å². The number of likely N-dealkylation sites (tertiary alicyclic amines) is 2. The summed E-state index contributed by atoms with van der Waals surface area (Å²) in [5, 5.41) is 0. The second-order valence-electron chi connectivity index (χ2n) is 8.15. The number of pyridine rings is 1. The molecule has 29 heavy (non-hydrogen) atoms. The molecule has 2 aromatic rings. The van der Waals surface area contributed by atoms with Crippen LogP contribution in [0.15, 0.2) is 54.9 Å². The van der Waals surface area contributed by atoms with Crippen molar-refractivity contribution in [1.29, 1.82) is 0 Å². The summed E-state index contributed by atoms with van der Waals surface area (Å²) >= 11 is 0. The SMILES string of the molecule is COC1CN(C2CCN(C(=O)CCCc3ccccc3)CC2)C1c1cccnc1. The molecule has 154 valence electrons. The number of hydrogen-bond donors (Lipinski definition) is 0. The third-order valence-corrected chi connectivity index (χ3v) is 6.41. The molecular weight excluding hydrogens is 362 g/mol. The Morgan fingerprint density at radius 2 is 1.93 bits per heavy atom. The Labute approximate surface area is 173 Å². The van der Waals surface area contributed by atoms with Crippen LogP contribution in [0, 0.1) is 0 Å². The van der Waals surface area contributed by atoms with Gasteiger partial charge in [-0.1, -0.05) is 36.4 Å². The molecule has 5 nitrogen and oxygen atoms in total. The van der Waals surface area contributed by atoms with Gasteiger partial charge in [0.15, 0.2) is 0 Å². The summed E-state index contributed by atoms with van der Waals surface area (Å²) in [5.41, 5.74) is 2.54. The monoisotopic (exact) mass is 393 g/mol. The van der Waals surface area contributed by atoms with E-state index in [0.717, 1.165) is 45.3 Å². The van der Waals surface area contributed by atoms with Gasteiger partial charge in [-0.05, 0) is 42.9 Å². The van der Waals surface area contributed by atoms with Gasteiger partial charge in [0.2, 0.25) is 5.91 Å². The molecule has 2 atom stereocenters. The minimum Gasteiger partial charge on any atom is -0.378 e. The van der Waals surface area contributed by atoms with Crippen molar-refractivity contribution in [2.45, 2.75) is 50.3 Å². The Hall–Kier alpha value is -2.24. The number of benzene rings is 1. The molecule has 2 fully saturated rings. The van der Waals surface area contributed by atoms with Gasteiger partial charge in [-0.2, -0.15) is 0 Å². The molecule has 2 aliphatic heterocycles. The standard InChI is InChI=1S/C24H31N3O2/c1-29-22-18-27(24(22)20-10-6-14-25-17-20)21-12-15-26(16-13-21)23(28)11-5-9-19-7-3-2-4-8-19/h2-4,6-8,10,14,17,21-22,24H,5,9,11-13,15-16,18H2,1H3. The van der Waals surface area contributed by atoms with E-state index in [-0.39, 0.29) is 12.1 Å². The predicted molar refractivity (Wildman–Crippen MR) is 113 cm³/mol. The normalized spacial score (nSPS) is 23.0. The number of ether oxygens (including phenoxy) is 1. The molecular formula is C24H31N3O2. The first-order valence-corrected chi connectivity index (χ1v) is 10.8. The van der Waals surface area contributed by atoms with Crippen LogP contribution in [0.1, 0.15) is 42.9 Å². The molecule has 3 heterocycles. The first-order chi connectivity index (χ1) is 14.3. The van der Waals surface area contributed by atoms with Crippen molar-refractivity contribution in [3.05, 3.63) is 66.0 Å². The molecule has 1 aromatic carbocycles. The summed E-state index contributed by atoms with van der Waals surface area (Å²) in [6.45, 7) is 2.69. The van der Waals surface area contributed by atoms with E-state index >= 15 is 0 Å². The molecule has 0 aliphatic carbocycles. The number of carbonyl (C=O) groups excluding carboxylic acids is 1. The second-order valence-corrected chi connectivity index (χ2v) is 8.15. The van der Waals surface area contributed by atoms with Crippen LogP contribution < -0.4 is 0 Å². The summed E-state index contributed by atoms with van der Waals surface area (Å²) in [7, 11) is 1.79. The van der Waals surface area contributed by atoms with Crippen molar-refractivity contribution in [3.8, 4) is 0 Å². The quantitative estimate of drug-likeness (QED) is 0.723. The molecule has 1 aromatic heterocycles. The van der Waals surface area contributed by atoms with E-state index in [1.807, 2.05) is 24.5 Å². The van der Waals surface area contributed by atoms with Crippen LogP contribution in [-0.2, 0) is 16.0 Å². The Bertz CT molecular complexity index is 775. The summed E-state index contributed by atoms with van der Waals surface area (Å²) in [6, 6.07) is 15.4. The second kappa shape index (κ2) is 9.51. The molecule has 1 amide bonds. The number of hydrogen-bond acceptors (Lipinski definition) is 4. The van der Waals surface area contributed by atoms with Gasteiger partial charge < -0.3 is 9.64 Å². The largest absolute Gasteiger partial charge is 0.378 e. The van der Waals surface area contributed by atoms with Crippen molar-refractivity contribution in [1.82, 2.24) is 14.8 Å². The number of aromatic nitrogens is 1. The fraction of sp³-hybridized carbons (Fsp3) is 0.500. The van der Waals surface area contributed by atoms with Crippen LogP contribution in [0.25, 0.3) is 0 Å². The summed E-state index contributed by atoms with van der Waals surface area (Å²) < 4.78 is 5.68. The first-order valence-electron chi connectivity index (χ1n) is 10.8. The molecule has 4 rings (SSSR count). The van der Waals surface area contributed by atoms with E-state index in [1.165, 1.54) is 11.1 Å². The van der Waals surface area contributed by atoms with Crippen LogP contribution in [0.3, 0.4) is 0 Å². The van der Waals surface area contributed by atoms with Crippen LogP contribution >= 0.6 is 0 Å². The average Bonchev–Trinajstić information content (AvgIpc) is 2.75. The van der Waals surface area contributed by atoms with Gasteiger partial charge in [-0.15, -0.1) is 0 Å². The zero-order chi connectivity index (χ0) is 20.1. The molecule has 0 bridgehead atoms. The van der Waals surface area contributed by atoms with Crippen LogP contribution in [-0.4, -0.2) is 59.6 Å². The topological polar surface area (TPSA) is 45.7 Å². The van der Waals surface area contributed by atoms with E-state index in [4.69, 9.17) is 4.74 Å². The van der Waals surface area contributed by atoms with Gasteiger partial charge in [0.25, 0.3) is 0 Å². The highest BCUT2D eigenvalue weighted by Crippen LogP contribution is 2.39. The lowest BCUT2D eigenvalue weighted by atomic mass is 9.87. The summed E-state index contributed by atoms with van der Waals surface area (Å²) in [5.74, 6) is 0.307. The molecule has 2 unspecified atom stereocenters. The summed E-state index contributed by atoms with van der Waals surface area (Å²) in [6.07, 6.45) is 8.62. The molecule has 2 aliphatic rings. The third kappa shape index (κ3) is 4.68. The predicted octanol–water partition coefficient (Wildman–Crippen LogP) is 3.47. The highest BCUT2D eigenvalue weighted by Gasteiger charge is 2.44. The number of nitrogens with zero attached hydrogens (tertiary/aromatic N) is 3. The highest BCUT2D eigenvalue weighted by atomic mass is 16.5. The number of methoxy groups -OCH3 is 1. The number of piperidine rings is 1. The van der Waals surface area contributed by atoms with Crippen molar-refractivity contribution in [2.24, 2.45) is 0 Å². The maximum atomic E-state index is 12.6. The number of aryl methyl sites for hydroxylation is 1. The average molecular weight is 394 g/mol. The third-order valence-electron chi connectivity index (χ3n) is 6.41. The Kier molecular flexibility index (Phi) is 6.57. The fourth-order valence-electron chi connectivity index (χ4n) is 4.73. The van der Waals surface area contributed by atoms with Crippen molar-refractivity contribution < 1.29 is 9.53 Å². The Balaban J connectivity index is 1.25. The van der Waals surface area contributed by atoms with Gasteiger partial charge in [0.05, 0.1) is 12.1 Å². The van der Waals surface area contributed by atoms with Crippen molar-refractivity contribution in [3.63, 3.8) is 0 Å². The van der Waals surface area contributed by atoms with Crippen LogP contribution in [0.2, 0.25) is 0 Å². The maximum absolute atomic E-state index is 12.6. The molecule has 0 N–H and O–H groups in total. The molecule has 0 saturated carbocycles. The summed E-state index contributed by atoms with van der Waals surface area (Å²) in [4.78, 5) is 21.5. The van der Waals surface area contributed by atoms with E-state index in [1.54, 1.807) is 7.11 Å². The molecule has 0 spiro atoms. The Morgan fingerprint density at radius 3 is 2.62 bits per heavy atom. The molecule has 0 radical (unpaired) electrons. The van der Waals surface area contributed by atoms with Crippen LogP contribution in [0.5, 0.6) is 0 Å². The lowest BCUT2D eigenvalue weighted by Crippen LogP contribution is -2.60. The molecule has 5 heteroatoms. The highest BCUT2D eigenvalue weighted by molar-refractivity contribution is 5.76. The lowest BCUT2D eigenvalue weighted by Gasteiger charge is -2.53. The van der Waals surface area contributed by atoms with E-state index < -0.39 is 0 Å². The molecule has 2 saturated heterocycles. The van der Waals surface area contributed by atoms with Gasteiger partial charge in [-0.25, -0.2) is 0 Å². The van der Waals surface area contributed by atoms with Gasteiger partial charge in [0, 0.05) is 51.6 Å². The zero-order valence-corrected chi connectivity index (χ0v) is 17.2. The van der Waals surface area contributed by atoms with Gasteiger partial charge in [0.1, 0.15) is 0 Å². The van der Waals surface area contributed by atoms with Crippen molar-refractivity contribution in [2.75, 3.05) is 26.7 Å². The number of carbonyl (C=O) groups is 1. The van der Waals surface area contributed by atoms with E-state index in [2.05, 4.69) is 45.1 Å². The van der Waals surface area contributed by atoms with Crippen molar-refractivity contribution >= 4 is 5.91 Å². The maximum Gasteiger partial charge on any atom is 0.222 e. The van der Waals surface area contributed by atoms with Gasteiger partial charge in [-0.3, -0.25) is 14.7 Å². The zero-order valence-electron chi connectivity index (χ0n) is 17.2.